The molecule has 0 bridgehead atoms. The van der Waals surface area contributed by atoms with E-state index in [-0.39, 0.29) is 11.7 Å². The normalized spacial score (nSPS) is 10.9. The van der Waals surface area contributed by atoms with Crippen LogP contribution in [-0.4, -0.2) is 25.0 Å². The molecule has 0 atom stereocenters. The molecule has 4 aromatic rings. The fourth-order valence-electron chi connectivity index (χ4n) is 2.49. The smallest absolute Gasteiger partial charge is 0.220 e. The van der Waals surface area contributed by atoms with Crippen molar-refractivity contribution in [1.29, 1.82) is 0 Å². The lowest BCUT2D eigenvalue weighted by atomic mass is 10.1. The van der Waals surface area contributed by atoms with Crippen molar-refractivity contribution < 1.29 is 14.3 Å². The SMILES string of the molecule is Cc1c(-c2ccnc(N)n2)oc2cnc(Oc3cncc(O)c3)cc12. The van der Waals surface area contributed by atoms with Gasteiger partial charge < -0.3 is 20.0 Å². The first-order valence-corrected chi connectivity index (χ1v) is 7.40. The second-order valence-corrected chi connectivity index (χ2v) is 5.36. The highest BCUT2D eigenvalue weighted by Crippen LogP contribution is 2.34. The molecule has 0 aliphatic rings. The summed E-state index contributed by atoms with van der Waals surface area (Å²) in [5.41, 5.74) is 7.72. The van der Waals surface area contributed by atoms with Gasteiger partial charge in [-0.3, -0.25) is 4.98 Å². The van der Waals surface area contributed by atoms with Crippen molar-refractivity contribution in [3.63, 3.8) is 0 Å². The molecule has 0 unspecified atom stereocenters. The van der Waals surface area contributed by atoms with E-state index in [9.17, 15) is 5.11 Å². The molecule has 4 heterocycles. The van der Waals surface area contributed by atoms with Gasteiger partial charge in [-0.15, -0.1) is 0 Å². The summed E-state index contributed by atoms with van der Waals surface area (Å²) in [6, 6.07) is 4.94. The van der Waals surface area contributed by atoms with Crippen LogP contribution in [0, 0.1) is 6.92 Å². The first kappa shape index (κ1) is 14.9. The largest absolute Gasteiger partial charge is 0.506 e. The summed E-state index contributed by atoms with van der Waals surface area (Å²) in [6.07, 6.45) is 5.96. The molecule has 4 aromatic heterocycles. The van der Waals surface area contributed by atoms with Crippen LogP contribution in [0.15, 0.2) is 47.4 Å². The van der Waals surface area contributed by atoms with Crippen molar-refractivity contribution in [2.24, 2.45) is 0 Å². The lowest BCUT2D eigenvalue weighted by Gasteiger charge is -2.04. The zero-order valence-corrected chi connectivity index (χ0v) is 13.2. The Balaban J connectivity index is 1.75. The Hall–Kier alpha value is -3.68. The summed E-state index contributed by atoms with van der Waals surface area (Å²) in [7, 11) is 0. The number of nitrogens with two attached hydrogens (primary N) is 1. The van der Waals surface area contributed by atoms with Crippen LogP contribution in [0.5, 0.6) is 17.4 Å². The first-order chi connectivity index (χ1) is 12.1. The molecular weight excluding hydrogens is 322 g/mol. The number of furan rings is 1. The summed E-state index contributed by atoms with van der Waals surface area (Å²) in [4.78, 5) is 16.1. The number of aryl methyl sites for hydroxylation is 1. The number of hydrogen-bond donors (Lipinski definition) is 2. The average molecular weight is 335 g/mol. The molecule has 0 fully saturated rings. The van der Waals surface area contributed by atoms with Crippen molar-refractivity contribution in [3.05, 3.63) is 48.5 Å². The number of pyridine rings is 2. The maximum absolute atomic E-state index is 9.46. The Morgan fingerprint density at radius 1 is 1.16 bits per heavy atom. The van der Waals surface area contributed by atoms with Gasteiger partial charge in [-0.2, -0.15) is 0 Å². The van der Waals surface area contributed by atoms with Gasteiger partial charge in [0.15, 0.2) is 17.1 Å². The van der Waals surface area contributed by atoms with E-state index in [1.807, 2.05) is 6.92 Å². The molecule has 8 heteroatoms. The third-order valence-electron chi connectivity index (χ3n) is 3.63. The van der Waals surface area contributed by atoms with Crippen LogP contribution in [0.3, 0.4) is 0 Å². The Kier molecular flexibility index (Phi) is 3.42. The van der Waals surface area contributed by atoms with E-state index in [1.54, 1.807) is 24.5 Å². The third-order valence-corrected chi connectivity index (χ3v) is 3.63. The summed E-state index contributed by atoms with van der Waals surface area (Å²) in [5, 5.41) is 10.3. The minimum absolute atomic E-state index is 0.0155. The molecule has 0 spiro atoms. The van der Waals surface area contributed by atoms with Crippen LogP contribution in [0.1, 0.15) is 5.56 Å². The molecule has 0 radical (unpaired) electrons. The fourth-order valence-corrected chi connectivity index (χ4v) is 2.49. The molecule has 0 aliphatic heterocycles. The quantitative estimate of drug-likeness (QED) is 0.586. The van der Waals surface area contributed by atoms with Gasteiger partial charge in [0.1, 0.15) is 11.4 Å². The van der Waals surface area contributed by atoms with Crippen molar-refractivity contribution >= 4 is 16.9 Å². The van der Waals surface area contributed by atoms with Gasteiger partial charge in [0, 0.05) is 29.3 Å². The monoisotopic (exact) mass is 335 g/mol. The maximum Gasteiger partial charge on any atom is 0.220 e. The third kappa shape index (κ3) is 2.80. The van der Waals surface area contributed by atoms with Gasteiger partial charge in [-0.25, -0.2) is 15.0 Å². The number of fused-ring (bicyclic) bond motifs is 1. The second-order valence-electron chi connectivity index (χ2n) is 5.36. The van der Waals surface area contributed by atoms with Crippen LogP contribution in [0.25, 0.3) is 22.4 Å². The Labute approximate surface area is 142 Å². The van der Waals surface area contributed by atoms with Gasteiger partial charge in [0.25, 0.3) is 0 Å². The minimum atomic E-state index is 0.0155. The van der Waals surface area contributed by atoms with Crippen LogP contribution in [0.2, 0.25) is 0 Å². The Morgan fingerprint density at radius 3 is 2.84 bits per heavy atom. The van der Waals surface area contributed by atoms with Crippen molar-refractivity contribution in [2.75, 3.05) is 5.73 Å². The van der Waals surface area contributed by atoms with E-state index in [4.69, 9.17) is 14.9 Å². The Bertz CT molecular complexity index is 1080. The fraction of sp³-hybridized carbons (Fsp3) is 0.0588. The number of anilines is 1. The number of nitrogens with zero attached hydrogens (tertiary/aromatic N) is 4. The topological polar surface area (TPSA) is 120 Å². The van der Waals surface area contributed by atoms with Gasteiger partial charge in [0.05, 0.1) is 18.6 Å². The van der Waals surface area contributed by atoms with Gasteiger partial charge in [0.2, 0.25) is 11.8 Å². The second kappa shape index (κ2) is 5.75. The summed E-state index contributed by atoms with van der Waals surface area (Å²) in [5.74, 6) is 1.54. The van der Waals surface area contributed by atoms with E-state index in [1.165, 1.54) is 18.5 Å². The summed E-state index contributed by atoms with van der Waals surface area (Å²) < 4.78 is 11.5. The molecule has 8 nitrogen and oxygen atoms in total. The standard InChI is InChI=1S/C17H13N5O3/c1-9-12-5-15(24-11-4-10(23)6-19-7-11)21-8-14(12)25-16(9)13-2-3-20-17(18)22-13/h2-8,23H,1H3,(H2,18,20,22). The van der Waals surface area contributed by atoms with E-state index in [0.29, 0.717) is 28.7 Å². The molecule has 0 aromatic carbocycles. The maximum atomic E-state index is 9.46. The van der Waals surface area contributed by atoms with Crippen molar-refractivity contribution in [1.82, 2.24) is 19.9 Å². The number of aromatic nitrogens is 4. The number of rotatable bonds is 3. The number of aromatic hydroxyl groups is 1. The zero-order chi connectivity index (χ0) is 17.4. The molecule has 124 valence electrons. The van der Waals surface area contributed by atoms with Crippen molar-refractivity contribution in [2.45, 2.75) is 6.92 Å². The van der Waals surface area contributed by atoms with E-state index in [0.717, 1.165) is 10.9 Å². The molecule has 0 saturated carbocycles. The molecule has 4 rings (SSSR count). The molecule has 25 heavy (non-hydrogen) atoms. The lowest BCUT2D eigenvalue weighted by molar-refractivity contribution is 0.441. The van der Waals surface area contributed by atoms with Crippen molar-refractivity contribution in [3.8, 4) is 28.8 Å². The molecular formula is C17H13N5O3. The predicted molar refractivity (Wildman–Crippen MR) is 90.2 cm³/mol. The van der Waals surface area contributed by atoms with Crippen LogP contribution in [0.4, 0.5) is 5.95 Å². The van der Waals surface area contributed by atoms with Gasteiger partial charge in [-0.1, -0.05) is 0 Å². The van der Waals surface area contributed by atoms with Gasteiger partial charge >= 0.3 is 0 Å². The highest BCUT2D eigenvalue weighted by atomic mass is 16.5. The first-order valence-electron chi connectivity index (χ1n) is 7.40. The summed E-state index contributed by atoms with van der Waals surface area (Å²) in [6.45, 7) is 1.92. The number of ether oxygens (including phenoxy) is 1. The van der Waals surface area contributed by atoms with Gasteiger partial charge in [-0.05, 0) is 13.0 Å². The van der Waals surface area contributed by atoms with Crippen LogP contribution < -0.4 is 10.5 Å². The number of hydrogen-bond acceptors (Lipinski definition) is 8. The highest BCUT2D eigenvalue weighted by Gasteiger charge is 2.15. The van der Waals surface area contributed by atoms with E-state index >= 15 is 0 Å². The Morgan fingerprint density at radius 2 is 2.04 bits per heavy atom. The molecule has 0 aliphatic carbocycles. The molecule has 3 N–H and O–H groups in total. The summed E-state index contributed by atoms with van der Waals surface area (Å²) >= 11 is 0. The number of nitrogen functional groups attached to an aromatic ring is 1. The molecule has 0 saturated heterocycles. The van der Waals surface area contributed by atoms with Crippen LogP contribution >= 0.6 is 0 Å². The minimum Gasteiger partial charge on any atom is -0.506 e. The highest BCUT2D eigenvalue weighted by molar-refractivity contribution is 5.87. The van der Waals surface area contributed by atoms with E-state index < -0.39 is 0 Å². The van der Waals surface area contributed by atoms with E-state index in [2.05, 4.69) is 19.9 Å². The molecule has 0 amide bonds. The lowest BCUT2D eigenvalue weighted by Crippen LogP contribution is -1.95. The average Bonchev–Trinajstić information content (AvgIpc) is 2.92. The predicted octanol–water partition coefficient (Wildman–Crippen LogP) is 3.07. The zero-order valence-electron chi connectivity index (χ0n) is 13.2. The van der Waals surface area contributed by atoms with Crippen LogP contribution in [-0.2, 0) is 0 Å².